The molecule has 1 fully saturated rings. The van der Waals surface area contributed by atoms with Gasteiger partial charge in [-0.3, -0.25) is 14.5 Å². The van der Waals surface area contributed by atoms with Crippen LogP contribution in [0.25, 0.3) is 6.08 Å². The number of carbonyl (C=O) groups is 4. The zero-order valence-corrected chi connectivity index (χ0v) is 21.7. The van der Waals surface area contributed by atoms with E-state index in [-0.39, 0.29) is 59.4 Å². The van der Waals surface area contributed by atoms with Crippen molar-refractivity contribution in [2.45, 2.75) is 13.5 Å². The number of imide groups is 1. The van der Waals surface area contributed by atoms with Gasteiger partial charge in [-0.05, 0) is 55.0 Å². The quantitative estimate of drug-likeness (QED) is 0.216. The average Bonchev–Trinajstić information content (AvgIpc) is 3.49. The predicted molar refractivity (Wildman–Crippen MR) is 140 cm³/mol. The van der Waals surface area contributed by atoms with Crippen LogP contribution in [-0.2, 0) is 20.9 Å². The Kier molecular flexibility index (Phi) is 8.52. The minimum atomic E-state index is -0.676. The highest BCUT2D eigenvalue weighted by Crippen LogP contribution is 2.37. The SMILES string of the molecule is CCOc1cc(/C=C2\NC(=O)N(Cc3ccc(C(=O)OC)o3)C2=O)cc(Cl)c1OCC(=O)Nc1ccccc1. The minimum Gasteiger partial charge on any atom is -0.490 e. The Morgan fingerprint density at radius 1 is 1.10 bits per heavy atom. The number of furan rings is 1. The van der Waals surface area contributed by atoms with E-state index in [9.17, 15) is 19.2 Å². The van der Waals surface area contributed by atoms with Gasteiger partial charge in [0.25, 0.3) is 11.8 Å². The van der Waals surface area contributed by atoms with Crippen molar-refractivity contribution in [1.29, 1.82) is 0 Å². The third-order valence-corrected chi connectivity index (χ3v) is 5.65. The Hall–Kier alpha value is -4.77. The molecule has 1 saturated heterocycles. The van der Waals surface area contributed by atoms with E-state index in [0.717, 1.165) is 4.90 Å². The normalized spacial score (nSPS) is 13.8. The average molecular weight is 554 g/mol. The number of amides is 4. The number of urea groups is 1. The first-order chi connectivity index (χ1) is 18.8. The Morgan fingerprint density at radius 2 is 1.87 bits per heavy atom. The van der Waals surface area contributed by atoms with Crippen LogP contribution in [0.5, 0.6) is 11.5 Å². The zero-order valence-electron chi connectivity index (χ0n) is 21.0. The molecule has 4 amide bonds. The molecule has 2 heterocycles. The highest BCUT2D eigenvalue weighted by molar-refractivity contribution is 6.32. The molecular weight excluding hydrogens is 530 g/mol. The largest absolute Gasteiger partial charge is 0.490 e. The van der Waals surface area contributed by atoms with Gasteiger partial charge in [-0.1, -0.05) is 29.8 Å². The molecule has 1 aliphatic heterocycles. The molecule has 11 nitrogen and oxygen atoms in total. The molecule has 0 spiro atoms. The summed E-state index contributed by atoms with van der Waals surface area (Å²) in [6.07, 6.45) is 1.43. The molecule has 2 aromatic carbocycles. The maximum atomic E-state index is 12.9. The smallest absolute Gasteiger partial charge is 0.373 e. The maximum absolute atomic E-state index is 12.9. The first kappa shape index (κ1) is 27.3. The predicted octanol–water partition coefficient (Wildman–Crippen LogP) is 4.23. The topological polar surface area (TPSA) is 136 Å². The number of nitrogens with one attached hydrogen (secondary N) is 2. The molecule has 3 aromatic rings. The second kappa shape index (κ2) is 12.2. The molecule has 39 heavy (non-hydrogen) atoms. The van der Waals surface area contributed by atoms with E-state index in [1.807, 2.05) is 6.07 Å². The third-order valence-electron chi connectivity index (χ3n) is 5.37. The second-order valence-corrected chi connectivity index (χ2v) is 8.51. The lowest BCUT2D eigenvalue weighted by Crippen LogP contribution is -2.30. The van der Waals surface area contributed by atoms with Crippen LogP contribution < -0.4 is 20.1 Å². The first-order valence-corrected chi connectivity index (χ1v) is 12.1. The molecule has 4 rings (SSSR count). The molecule has 2 N–H and O–H groups in total. The van der Waals surface area contributed by atoms with Crippen LogP contribution >= 0.6 is 11.6 Å². The lowest BCUT2D eigenvalue weighted by Gasteiger charge is -2.14. The number of para-hydroxylation sites is 1. The van der Waals surface area contributed by atoms with E-state index in [0.29, 0.717) is 11.3 Å². The Balaban J connectivity index is 1.48. The van der Waals surface area contributed by atoms with E-state index < -0.39 is 17.9 Å². The summed E-state index contributed by atoms with van der Waals surface area (Å²) in [4.78, 5) is 50.2. The number of halogens is 1. The lowest BCUT2D eigenvalue weighted by atomic mass is 10.1. The molecule has 0 saturated carbocycles. The number of carbonyl (C=O) groups excluding carboxylic acids is 4. The van der Waals surface area contributed by atoms with Crippen molar-refractivity contribution in [3.05, 3.63) is 82.4 Å². The lowest BCUT2D eigenvalue weighted by molar-refractivity contribution is -0.123. The summed E-state index contributed by atoms with van der Waals surface area (Å²) in [5, 5.41) is 5.36. The standard InChI is InChI=1S/C27H24ClN3O8/c1-3-37-22-13-16(11-19(28)24(22)38-15-23(32)29-17-7-5-4-6-8-17)12-20-25(33)31(27(35)30-20)14-18-9-10-21(39-18)26(34)36-2/h4-13H,3,14-15H2,1-2H3,(H,29,32)(H,30,35)/b20-12-. The maximum Gasteiger partial charge on any atom is 0.373 e. The Morgan fingerprint density at radius 3 is 2.59 bits per heavy atom. The number of methoxy groups -OCH3 is 1. The Bertz CT molecular complexity index is 1430. The number of hydrogen-bond acceptors (Lipinski definition) is 8. The van der Waals surface area contributed by atoms with Gasteiger partial charge in [0.1, 0.15) is 11.5 Å². The molecule has 12 heteroatoms. The molecule has 0 radical (unpaired) electrons. The summed E-state index contributed by atoms with van der Waals surface area (Å²) in [5.74, 6) is -1.09. The molecule has 0 atom stereocenters. The minimum absolute atomic E-state index is 0.00540. The van der Waals surface area contributed by atoms with Crippen molar-refractivity contribution in [3.63, 3.8) is 0 Å². The first-order valence-electron chi connectivity index (χ1n) is 11.7. The van der Waals surface area contributed by atoms with Crippen molar-refractivity contribution in [2.24, 2.45) is 0 Å². The summed E-state index contributed by atoms with van der Waals surface area (Å²) in [5.41, 5.74) is 1.06. The summed E-state index contributed by atoms with van der Waals surface area (Å²) in [6.45, 7) is 1.54. The Labute approximate surface area is 228 Å². The van der Waals surface area contributed by atoms with Gasteiger partial charge >= 0.3 is 12.0 Å². The van der Waals surface area contributed by atoms with E-state index in [2.05, 4.69) is 15.4 Å². The van der Waals surface area contributed by atoms with Gasteiger partial charge in [0.05, 0.1) is 25.3 Å². The summed E-state index contributed by atoms with van der Waals surface area (Å²) in [7, 11) is 1.21. The highest BCUT2D eigenvalue weighted by Gasteiger charge is 2.34. The molecule has 0 aliphatic carbocycles. The fourth-order valence-electron chi connectivity index (χ4n) is 3.64. The van der Waals surface area contributed by atoms with Gasteiger partial charge in [0.2, 0.25) is 5.76 Å². The van der Waals surface area contributed by atoms with E-state index in [1.165, 1.54) is 31.4 Å². The van der Waals surface area contributed by atoms with Gasteiger partial charge < -0.3 is 29.3 Å². The molecule has 1 aromatic heterocycles. The van der Waals surface area contributed by atoms with Crippen molar-refractivity contribution in [3.8, 4) is 11.5 Å². The number of hydrogen-bond donors (Lipinski definition) is 2. The van der Waals surface area contributed by atoms with Crippen LogP contribution in [0.4, 0.5) is 10.5 Å². The van der Waals surface area contributed by atoms with E-state index in [4.69, 9.17) is 25.5 Å². The molecule has 0 unspecified atom stereocenters. The molecule has 1 aliphatic rings. The number of rotatable bonds is 10. The summed E-state index contributed by atoms with van der Waals surface area (Å²) >= 11 is 6.44. The third kappa shape index (κ3) is 6.57. The van der Waals surface area contributed by atoms with Crippen LogP contribution in [0.1, 0.15) is 28.8 Å². The number of benzene rings is 2. The van der Waals surface area contributed by atoms with Gasteiger partial charge in [0, 0.05) is 5.69 Å². The molecule has 202 valence electrons. The van der Waals surface area contributed by atoms with Crippen LogP contribution in [0.2, 0.25) is 5.02 Å². The van der Waals surface area contributed by atoms with Crippen molar-refractivity contribution >= 4 is 47.2 Å². The van der Waals surface area contributed by atoms with Crippen molar-refractivity contribution < 1.29 is 37.8 Å². The van der Waals surface area contributed by atoms with Gasteiger partial charge in [-0.25, -0.2) is 9.59 Å². The highest BCUT2D eigenvalue weighted by atomic mass is 35.5. The van der Waals surface area contributed by atoms with Crippen molar-refractivity contribution in [2.75, 3.05) is 25.6 Å². The van der Waals surface area contributed by atoms with Crippen LogP contribution in [0.3, 0.4) is 0 Å². The number of esters is 1. The number of ether oxygens (including phenoxy) is 3. The van der Waals surface area contributed by atoms with Crippen molar-refractivity contribution in [1.82, 2.24) is 10.2 Å². The summed E-state index contributed by atoms with van der Waals surface area (Å²) in [6, 6.07) is 14.2. The van der Waals surface area contributed by atoms with Crippen LogP contribution in [0.15, 0.2) is 64.7 Å². The van der Waals surface area contributed by atoms with Gasteiger partial charge in [0.15, 0.2) is 18.1 Å². The van der Waals surface area contributed by atoms with Crippen LogP contribution in [-0.4, -0.2) is 49.0 Å². The molecule has 0 bridgehead atoms. The second-order valence-electron chi connectivity index (χ2n) is 8.10. The van der Waals surface area contributed by atoms with E-state index in [1.54, 1.807) is 37.3 Å². The number of anilines is 1. The number of nitrogens with zero attached hydrogens (tertiary/aromatic N) is 1. The fraction of sp³-hybridized carbons (Fsp3) is 0.185. The zero-order chi connectivity index (χ0) is 27.9. The van der Waals surface area contributed by atoms with Gasteiger partial charge in [-0.2, -0.15) is 0 Å². The fourth-order valence-corrected chi connectivity index (χ4v) is 3.92. The molecular formula is C27H24ClN3O8. The van der Waals surface area contributed by atoms with E-state index >= 15 is 0 Å². The van der Waals surface area contributed by atoms with Crippen LogP contribution in [0, 0.1) is 0 Å². The summed E-state index contributed by atoms with van der Waals surface area (Å²) < 4.78 is 21.2. The van der Waals surface area contributed by atoms with Gasteiger partial charge in [-0.15, -0.1) is 0 Å². The monoisotopic (exact) mass is 553 g/mol.